The minimum Gasteiger partial charge on any atom is -0.342 e. The van der Waals surface area contributed by atoms with Crippen LogP contribution in [0.25, 0.3) is 0 Å². The molecule has 1 heterocycles. The lowest BCUT2D eigenvalue weighted by molar-refractivity contribution is -0.131. The average molecular weight is 292 g/mol. The number of nitrogens with one attached hydrogen (secondary N) is 1. The van der Waals surface area contributed by atoms with Crippen LogP contribution in [-0.2, 0) is 10.5 Å². The minimum absolute atomic E-state index is 0.0429. The third-order valence-electron chi connectivity index (χ3n) is 3.91. The smallest absolute Gasteiger partial charge is 0.235 e. The molecule has 0 aromatic heterocycles. The van der Waals surface area contributed by atoms with Crippen molar-refractivity contribution in [3.8, 4) is 0 Å². The van der Waals surface area contributed by atoms with Gasteiger partial charge >= 0.3 is 0 Å². The van der Waals surface area contributed by atoms with Crippen molar-refractivity contribution in [2.75, 3.05) is 20.1 Å². The van der Waals surface area contributed by atoms with Crippen molar-refractivity contribution in [2.24, 2.45) is 0 Å². The van der Waals surface area contributed by atoms with Gasteiger partial charge in [0.15, 0.2) is 0 Å². The Kier molecular flexibility index (Phi) is 5.92. The fraction of sp³-hybridized carbons (Fsp3) is 0.562. The fourth-order valence-corrected chi connectivity index (χ4v) is 3.44. The van der Waals surface area contributed by atoms with E-state index in [2.05, 4.69) is 17.4 Å². The Morgan fingerprint density at radius 2 is 2.00 bits per heavy atom. The van der Waals surface area contributed by atoms with Crippen molar-refractivity contribution in [1.82, 2.24) is 10.2 Å². The SMILES string of the molecule is CNC1CCN(C(=O)C(C)SCc2ccccc2)CC1. The molecule has 0 radical (unpaired) electrons. The minimum atomic E-state index is 0.0429. The van der Waals surface area contributed by atoms with Crippen LogP contribution in [0.5, 0.6) is 0 Å². The van der Waals surface area contributed by atoms with E-state index in [0.29, 0.717) is 11.9 Å². The Morgan fingerprint density at radius 3 is 2.60 bits per heavy atom. The first-order valence-corrected chi connectivity index (χ1v) is 8.37. The Labute approximate surface area is 126 Å². The van der Waals surface area contributed by atoms with E-state index >= 15 is 0 Å². The zero-order valence-electron chi connectivity index (χ0n) is 12.3. The van der Waals surface area contributed by atoms with Crippen LogP contribution in [0.1, 0.15) is 25.3 Å². The second kappa shape index (κ2) is 7.70. The number of amides is 1. The van der Waals surface area contributed by atoms with Gasteiger partial charge in [0.25, 0.3) is 0 Å². The Hall–Kier alpha value is -1.00. The predicted octanol–water partition coefficient (Wildman–Crippen LogP) is 2.52. The van der Waals surface area contributed by atoms with Crippen molar-refractivity contribution < 1.29 is 4.79 Å². The Morgan fingerprint density at radius 1 is 1.35 bits per heavy atom. The molecule has 110 valence electrons. The highest BCUT2D eigenvalue weighted by molar-refractivity contribution is 7.99. The standard InChI is InChI=1S/C16H24N2OS/c1-13(20-12-14-6-4-3-5-7-14)16(19)18-10-8-15(17-2)9-11-18/h3-7,13,15,17H,8-12H2,1-2H3. The summed E-state index contributed by atoms with van der Waals surface area (Å²) < 4.78 is 0. The summed E-state index contributed by atoms with van der Waals surface area (Å²) in [5.74, 6) is 1.20. The van der Waals surface area contributed by atoms with E-state index in [1.807, 2.05) is 37.1 Å². The topological polar surface area (TPSA) is 32.3 Å². The Balaban J connectivity index is 1.77. The van der Waals surface area contributed by atoms with E-state index in [9.17, 15) is 4.79 Å². The summed E-state index contributed by atoms with van der Waals surface area (Å²) in [5, 5.41) is 3.34. The molecule has 2 rings (SSSR count). The number of hydrogen-bond acceptors (Lipinski definition) is 3. The average Bonchev–Trinajstić information content (AvgIpc) is 2.53. The van der Waals surface area contributed by atoms with Gasteiger partial charge in [-0.05, 0) is 32.4 Å². The van der Waals surface area contributed by atoms with Gasteiger partial charge in [-0.15, -0.1) is 11.8 Å². The molecule has 20 heavy (non-hydrogen) atoms. The maximum absolute atomic E-state index is 12.4. The van der Waals surface area contributed by atoms with Crippen LogP contribution >= 0.6 is 11.8 Å². The summed E-state index contributed by atoms with van der Waals surface area (Å²) >= 11 is 1.73. The molecule has 3 nitrogen and oxygen atoms in total. The number of rotatable bonds is 5. The van der Waals surface area contributed by atoms with Gasteiger partial charge in [0.2, 0.25) is 5.91 Å². The molecule has 0 bridgehead atoms. The quantitative estimate of drug-likeness (QED) is 0.905. The van der Waals surface area contributed by atoms with Gasteiger partial charge in [-0.1, -0.05) is 30.3 Å². The number of hydrogen-bond donors (Lipinski definition) is 1. The van der Waals surface area contributed by atoms with Crippen LogP contribution in [0.3, 0.4) is 0 Å². The molecule has 1 saturated heterocycles. The second-order valence-electron chi connectivity index (χ2n) is 5.33. The first-order chi connectivity index (χ1) is 9.70. The molecular weight excluding hydrogens is 268 g/mol. The van der Waals surface area contributed by atoms with E-state index in [1.54, 1.807) is 11.8 Å². The lowest BCUT2D eigenvalue weighted by Gasteiger charge is -2.33. The summed E-state index contributed by atoms with van der Waals surface area (Å²) in [6.45, 7) is 3.81. The third-order valence-corrected chi connectivity index (χ3v) is 5.11. The zero-order chi connectivity index (χ0) is 14.4. The maximum atomic E-state index is 12.4. The maximum Gasteiger partial charge on any atom is 0.235 e. The summed E-state index contributed by atoms with van der Waals surface area (Å²) in [7, 11) is 2.00. The van der Waals surface area contributed by atoms with Crippen molar-refractivity contribution in [2.45, 2.75) is 36.8 Å². The second-order valence-corrected chi connectivity index (χ2v) is 6.66. The number of likely N-dealkylation sites (tertiary alicyclic amines) is 1. The third kappa shape index (κ3) is 4.25. The first kappa shape index (κ1) is 15.4. The highest BCUT2D eigenvalue weighted by Gasteiger charge is 2.25. The molecule has 1 unspecified atom stereocenters. The van der Waals surface area contributed by atoms with E-state index in [-0.39, 0.29) is 5.25 Å². The molecule has 1 amide bonds. The summed E-state index contributed by atoms with van der Waals surface area (Å²) in [5.41, 5.74) is 1.28. The lowest BCUT2D eigenvalue weighted by atomic mass is 10.1. The highest BCUT2D eigenvalue weighted by Crippen LogP contribution is 2.21. The number of carbonyl (C=O) groups is 1. The lowest BCUT2D eigenvalue weighted by Crippen LogP contribution is -2.46. The molecule has 1 fully saturated rings. The molecule has 0 aliphatic carbocycles. The summed E-state index contributed by atoms with van der Waals surface area (Å²) in [6.07, 6.45) is 2.14. The fourth-order valence-electron chi connectivity index (χ4n) is 2.51. The van der Waals surface area contributed by atoms with Gasteiger partial charge < -0.3 is 10.2 Å². The number of benzene rings is 1. The summed E-state index contributed by atoms with van der Waals surface area (Å²) in [4.78, 5) is 14.4. The predicted molar refractivity (Wildman–Crippen MR) is 85.9 cm³/mol. The van der Waals surface area contributed by atoms with E-state index in [4.69, 9.17) is 0 Å². The monoisotopic (exact) mass is 292 g/mol. The molecule has 1 aromatic rings. The van der Waals surface area contributed by atoms with Crippen LogP contribution in [0.2, 0.25) is 0 Å². The van der Waals surface area contributed by atoms with Crippen molar-refractivity contribution >= 4 is 17.7 Å². The summed E-state index contributed by atoms with van der Waals surface area (Å²) in [6, 6.07) is 10.9. The van der Waals surface area contributed by atoms with Crippen molar-refractivity contribution in [3.63, 3.8) is 0 Å². The van der Waals surface area contributed by atoms with E-state index in [0.717, 1.165) is 31.7 Å². The van der Waals surface area contributed by atoms with Crippen molar-refractivity contribution in [1.29, 1.82) is 0 Å². The number of piperidine rings is 1. The molecule has 1 N–H and O–H groups in total. The van der Waals surface area contributed by atoms with Gasteiger partial charge in [-0.2, -0.15) is 0 Å². The van der Waals surface area contributed by atoms with Gasteiger partial charge in [0.1, 0.15) is 0 Å². The number of nitrogens with zero attached hydrogens (tertiary/aromatic N) is 1. The zero-order valence-corrected chi connectivity index (χ0v) is 13.2. The molecule has 1 aliphatic heterocycles. The van der Waals surface area contributed by atoms with Crippen LogP contribution in [0.4, 0.5) is 0 Å². The van der Waals surface area contributed by atoms with Crippen LogP contribution in [-0.4, -0.2) is 42.2 Å². The van der Waals surface area contributed by atoms with Gasteiger partial charge in [-0.3, -0.25) is 4.79 Å². The van der Waals surface area contributed by atoms with Gasteiger partial charge in [-0.25, -0.2) is 0 Å². The van der Waals surface area contributed by atoms with Crippen molar-refractivity contribution in [3.05, 3.63) is 35.9 Å². The Bertz CT molecular complexity index is 416. The van der Waals surface area contributed by atoms with Crippen LogP contribution in [0.15, 0.2) is 30.3 Å². The van der Waals surface area contributed by atoms with Gasteiger partial charge in [0, 0.05) is 24.9 Å². The largest absolute Gasteiger partial charge is 0.342 e. The first-order valence-electron chi connectivity index (χ1n) is 7.32. The molecule has 0 spiro atoms. The molecule has 1 atom stereocenters. The number of carbonyl (C=O) groups excluding carboxylic acids is 1. The highest BCUT2D eigenvalue weighted by atomic mass is 32.2. The molecule has 1 aromatic carbocycles. The molecule has 0 saturated carbocycles. The van der Waals surface area contributed by atoms with Crippen LogP contribution in [0, 0.1) is 0 Å². The van der Waals surface area contributed by atoms with Gasteiger partial charge in [0.05, 0.1) is 5.25 Å². The van der Waals surface area contributed by atoms with E-state index in [1.165, 1.54) is 5.56 Å². The molecule has 4 heteroatoms. The molecular formula is C16H24N2OS. The number of thioether (sulfide) groups is 1. The van der Waals surface area contributed by atoms with Crippen LogP contribution < -0.4 is 5.32 Å². The van der Waals surface area contributed by atoms with E-state index < -0.39 is 0 Å². The normalized spacial score (nSPS) is 18.0. The molecule has 1 aliphatic rings.